The number of nitrogens with zero attached hydrogens (tertiary/aromatic N) is 2. The highest BCUT2D eigenvalue weighted by molar-refractivity contribution is 5.95. The molecule has 1 fully saturated rings. The Kier molecular flexibility index (Phi) is 5.93. The summed E-state index contributed by atoms with van der Waals surface area (Å²) in [5.41, 5.74) is 4.09. The van der Waals surface area contributed by atoms with Gasteiger partial charge in [0.05, 0.1) is 18.8 Å². The molecule has 0 saturated carbocycles. The van der Waals surface area contributed by atoms with Crippen molar-refractivity contribution in [2.75, 3.05) is 26.8 Å². The Bertz CT molecular complexity index is 1350. The van der Waals surface area contributed by atoms with Gasteiger partial charge in [-0.15, -0.1) is 0 Å². The Morgan fingerprint density at radius 2 is 1.68 bits per heavy atom. The third-order valence-electron chi connectivity index (χ3n) is 8.03. The molecule has 6 rings (SSSR count). The maximum absolute atomic E-state index is 12.4. The summed E-state index contributed by atoms with van der Waals surface area (Å²) in [6.45, 7) is 7.01. The van der Waals surface area contributed by atoms with Crippen molar-refractivity contribution in [3.63, 3.8) is 0 Å². The number of methoxy groups -OCH3 is 1. The Morgan fingerprint density at radius 1 is 1.00 bits per heavy atom. The van der Waals surface area contributed by atoms with Crippen molar-refractivity contribution < 1.29 is 14.6 Å². The summed E-state index contributed by atoms with van der Waals surface area (Å²) in [5, 5.41) is 12.4. The van der Waals surface area contributed by atoms with E-state index in [1.807, 2.05) is 48.5 Å². The highest BCUT2D eigenvalue weighted by Crippen LogP contribution is 2.57. The number of rotatable bonds is 6. The van der Waals surface area contributed by atoms with E-state index in [-0.39, 0.29) is 11.5 Å². The maximum Gasteiger partial charge on any atom is 0.198 e. The molecule has 1 unspecified atom stereocenters. The average molecular weight is 495 g/mol. The second-order valence-electron chi connectivity index (χ2n) is 11.0. The van der Waals surface area contributed by atoms with Crippen LogP contribution < -0.4 is 0 Å². The molecule has 3 aliphatic rings. The van der Waals surface area contributed by atoms with E-state index in [4.69, 9.17) is 14.5 Å². The van der Waals surface area contributed by atoms with E-state index < -0.39 is 11.5 Å². The second kappa shape index (κ2) is 9.16. The molecule has 0 aromatic heterocycles. The van der Waals surface area contributed by atoms with Crippen molar-refractivity contribution in [3.8, 4) is 0 Å². The third-order valence-corrected chi connectivity index (χ3v) is 8.03. The SMILES string of the molecule is COC1=C2CN(Cc3ccccc3)C[C@@H]2[C@](C2=NC(C)(C)CO2)(C(O)c2ccccc2)c2ccccc21. The van der Waals surface area contributed by atoms with E-state index in [9.17, 15) is 5.11 Å². The van der Waals surface area contributed by atoms with Gasteiger partial charge in [-0.25, -0.2) is 4.99 Å². The van der Waals surface area contributed by atoms with Gasteiger partial charge in [-0.2, -0.15) is 0 Å². The van der Waals surface area contributed by atoms with E-state index in [0.717, 1.165) is 42.1 Å². The van der Waals surface area contributed by atoms with Gasteiger partial charge in [0.1, 0.15) is 17.8 Å². The third kappa shape index (κ3) is 3.89. The van der Waals surface area contributed by atoms with E-state index >= 15 is 0 Å². The number of aliphatic hydroxyl groups is 1. The summed E-state index contributed by atoms with van der Waals surface area (Å²) >= 11 is 0. The van der Waals surface area contributed by atoms with Gasteiger partial charge in [0, 0.05) is 31.1 Å². The largest absolute Gasteiger partial charge is 0.496 e. The van der Waals surface area contributed by atoms with E-state index in [2.05, 4.69) is 55.1 Å². The van der Waals surface area contributed by atoms with Crippen molar-refractivity contribution in [3.05, 3.63) is 113 Å². The molecule has 3 atom stereocenters. The van der Waals surface area contributed by atoms with Crippen LogP contribution in [0.3, 0.4) is 0 Å². The first kappa shape index (κ1) is 24.0. The predicted octanol–water partition coefficient (Wildman–Crippen LogP) is 5.37. The van der Waals surface area contributed by atoms with Crippen LogP contribution in [0.25, 0.3) is 5.76 Å². The van der Waals surface area contributed by atoms with Crippen LogP contribution in [-0.4, -0.2) is 48.2 Å². The van der Waals surface area contributed by atoms with E-state index in [1.54, 1.807) is 7.11 Å². The highest BCUT2D eigenvalue weighted by atomic mass is 16.5. The Labute approximate surface area is 219 Å². The van der Waals surface area contributed by atoms with Crippen LogP contribution in [0.5, 0.6) is 0 Å². The van der Waals surface area contributed by atoms with Gasteiger partial charge in [0.25, 0.3) is 0 Å². The maximum atomic E-state index is 12.4. The van der Waals surface area contributed by atoms with Crippen LogP contribution in [-0.2, 0) is 21.4 Å². The molecule has 0 radical (unpaired) electrons. The van der Waals surface area contributed by atoms with Crippen LogP contribution in [0.4, 0.5) is 0 Å². The summed E-state index contributed by atoms with van der Waals surface area (Å²) in [5.74, 6) is 1.47. The minimum absolute atomic E-state index is 0.0658. The molecule has 3 aromatic carbocycles. The highest BCUT2D eigenvalue weighted by Gasteiger charge is 2.61. The fourth-order valence-electron chi connectivity index (χ4n) is 6.45. The van der Waals surface area contributed by atoms with Gasteiger partial charge in [-0.05, 0) is 36.1 Å². The van der Waals surface area contributed by atoms with Gasteiger partial charge in [-0.1, -0.05) is 84.9 Å². The van der Waals surface area contributed by atoms with E-state index in [1.165, 1.54) is 11.1 Å². The van der Waals surface area contributed by atoms with Crippen molar-refractivity contribution >= 4 is 11.7 Å². The number of benzene rings is 3. The minimum Gasteiger partial charge on any atom is -0.496 e. The molecule has 5 heteroatoms. The summed E-state index contributed by atoms with van der Waals surface area (Å²) in [6.07, 6.45) is -0.849. The smallest absolute Gasteiger partial charge is 0.198 e. The molecule has 3 aromatic rings. The molecule has 1 N–H and O–H groups in total. The lowest BCUT2D eigenvalue weighted by molar-refractivity contribution is 0.0719. The lowest BCUT2D eigenvalue weighted by Gasteiger charge is -2.46. The van der Waals surface area contributed by atoms with Crippen molar-refractivity contribution in [2.45, 2.75) is 37.5 Å². The summed E-state index contributed by atoms with van der Waals surface area (Å²) in [6, 6.07) is 28.8. The summed E-state index contributed by atoms with van der Waals surface area (Å²) in [4.78, 5) is 7.59. The average Bonchev–Trinajstić information content (AvgIpc) is 3.50. The van der Waals surface area contributed by atoms with Crippen LogP contribution in [0.1, 0.15) is 42.2 Å². The lowest BCUT2D eigenvalue weighted by Crippen LogP contribution is -2.52. The Morgan fingerprint density at radius 3 is 2.35 bits per heavy atom. The monoisotopic (exact) mass is 494 g/mol. The van der Waals surface area contributed by atoms with Gasteiger partial charge in [-0.3, -0.25) is 4.90 Å². The molecule has 0 amide bonds. The van der Waals surface area contributed by atoms with Crippen LogP contribution >= 0.6 is 0 Å². The number of aliphatic hydroxyl groups excluding tert-OH is 1. The van der Waals surface area contributed by atoms with E-state index in [0.29, 0.717) is 12.5 Å². The van der Waals surface area contributed by atoms with Crippen LogP contribution in [0, 0.1) is 5.92 Å². The summed E-state index contributed by atoms with van der Waals surface area (Å²) in [7, 11) is 1.75. The van der Waals surface area contributed by atoms with Gasteiger partial charge in [0.2, 0.25) is 0 Å². The second-order valence-corrected chi connectivity index (χ2v) is 11.0. The molecular weight excluding hydrogens is 460 g/mol. The zero-order chi connectivity index (χ0) is 25.6. The Balaban J connectivity index is 1.58. The van der Waals surface area contributed by atoms with Crippen molar-refractivity contribution in [2.24, 2.45) is 10.9 Å². The number of ether oxygens (including phenoxy) is 2. The fraction of sp³-hybridized carbons (Fsp3) is 0.344. The first-order valence-corrected chi connectivity index (χ1v) is 13.0. The van der Waals surface area contributed by atoms with Crippen molar-refractivity contribution in [1.82, 2.24) is 4.90 Å². The zero-order valence-electron chi connectivity index (χ0n) is 21.7. The predicted molar refractivity (Wildman–Crippen MR) is 146 cm³/mol. The quantitative estimate of drug-likeness (QED) is 0.501. The molecule has 37 heavy (non-hydrogen) atoms. The molecule has 190 valence electrons. The lowest BCUT2D eigenvalue weighted by atomic mass is 9.59. The number of hydrogen-bond acceptors (Lipinski definition) is 5. The van der Waals surface area contributed by atoms with Crippen molar-refractivity contribution in [1.29, 1.82) is 0 Å². The molecule has 2 aliphatic heterocycles. The number of hydrogen-bond donors (Lipinski definition) is 1. The number of aliphatic imine (C=N–C) groups is 1. The topological polar surface area (TPSA) is 54.3 Å². The minimum atomic E-state index is -0.880. The molecule has 0 spiro atoms. The van der Waals surface area contributed by atoms with Crippen LogP contribution in [0.2, 0.25) is 0 Å². The number of fused-ring (bicyclic) bond motifs is 2. The number of likely N-dealkylation sites (tertiary alicyclic amines) is 1. The standard InChI is InChI=1S/C32H34N2O3/c1-31(2)21-37-30(33-31)32(29(35)23-14-8-5-9-15-23)26-17-11-10-16-24(26)28(36-3)25-19-34(20-27(25)32)18-22-12-6-4-7-13-22/h4-17,27,29,35H,18-21H2,1-3H3/t27-,29?,32-/m0/s1. The molecule has 2 heterocycles. The van der Waals surface area contributed by atoms with Crippen LogP contribution in [0.15, 0.2) is 95.5 Å². The van der Waals surface area contributed by atoms with Gasteiger partial charge in [0.15, 0.2) is 5.90 Å². The summed E-state index contributed by atoms with van der Waals surface area (Å²) < 4.78 is 12.6. The normalized spacial score (nSPS) is 25.2. The fourth-order valence-corrected chi connectivity index (χ4v) is 6.45. The molecule has 1 aliphatic carbocycles. The van der Waals surface area contributed by atoms with Gasteiger partial charge >= 0.3 is 0 Å². The van der Waals surface area contributed by atoms with Gasteiger partial charge < -0.3 is 14.6 Å². The first-order valence-electron chi connectivity index (χ1n) is 13.0. The molecule has 1 saturated heterocycles. The Hall–Kier alpha value is -3.41. The zero-order valence-corrected chi connectivity index (χ0v) is 21.7. The first-order chi connectivity index (χ1) is 17.9. The molecule has 0 bridgehead atoms. The molecule has 5 nitrogen and oxygen atoms in total. The molecular formula is C32H34N2O3.